The average Bonchev–Trinajstić information content (AvgIpc) is 1.35. The minimum absolute atomic E-state index is 0.408. The molecule has 0 rings (SSSR count). The molecule has 0 aliphatic heterocycles. The third-order valence-electron chi connectivity index (χ3n) is 0.401. The van der Waals surface area contributed by atoms with E-state index in [-0.39, 0.29) is 0 Å². The smallest absolute Gasteiger partial charge is 0.0898 e. The van der Waals surface area contributed by atoms with E-state index in [1.165, 1.54) is 30.7 Å². The van der Waals surface area contributed by atoms with E-state index in [0.29, 0.717) is 7.02 Å². The molecule has 0 fully saturated rings. The van der Waals surface area contributed by atoms with Gasteiger partial charge >= 0.3 is 0 Å². The Morgan fingerprint density at radius 1 is 1.33 bits per heavy atom. The van der Waals surface area contributed by atoms with Gasteiger partial charge in [0.2, 0.25) is 0 Å². The van der Waals surface area contributed by atoms with Gasteiger partial charge in [0.05, 0.1) is 7.02 Å². The summed E-state index contributed by atoms with van der Waals surface area (Å²) in [6, 6.07) is 0. The second-order valence-corrected chi connectivity index (χ2v) is 25.7. The van der Waals surface area contributed by atoms with E-state index in [1.54, 1.807) is 0 Å². The zero-order valence-corrected chi connectivity index (χ0v) is 14.2. The first kappa shape index (κ1) is 7.60. The minimum atomic E-state index is 0.408. The molecular weight excluding hydrogens is 251 g/mol. The van der Waals surface area contributed by atoms with Gasteiger partial charge in [0, 0.05) is 0 Å². The van der Waals surface area contributed by atoms with E-state index in [0.717, 1.165) is 3.91 Å². The summed E-state index contributed by atoms with van der Waals surface area (Å²) in [5, 5.41) is 0. The number of rotatable bonds is 1. The first-order chi connectivity index (χ1) is 2.56. The molecule has 0 atom stereocenters. The topological polar surface area (TPSA) is 0 Å². The Morgan fingerprint density at radius 3 is 1.50 bits per heavy atom. The molecule has 0 amide bonds. The molecule has 0 radical (unpaired) electrons. The van der Waals surface area contributed by atoms with Gasteiger partial charge in [-0.15, -0.1) is 21.8 Å². The Kier molecular flexibility index (Phi) is 3.54. The summed E-state index contributed by atoms with van der Waals surface area (Å²) >= 11 is 2.64. The van der Waals surface area contributed by atoms with Crippen molar-refractivity contribution in [3.05, 3.63) is 0 Å². The second kappa shape index (κ2) is 2.80. The molecule has 0 nitrogen and oxygen atoms in total. The summed E-state index contributed by atoms with van der Waals surface area (Å²) in [6.45, 7) is 0. The van der Waals surface area contributed by atoms with E-state index in [4.69, 9.17) is 0 Å². The van der Waals surface area contributed by atoms with Crippen LogP contribution in [0.4, 0.5) is 0 Å². The molecule has 0 saturated heterocycles. The lowest BCUT2D eigenvalue weighted by Crippen LogP contribution is -2.16. The van der Waals surface area contributed by atoms with Crippen molar-refractivity contribution in [1.82, 2.24) is 0 Å². The van der Waals surface area contributed by atoms with Crippen LogP contribution in [0.5, 0.6) is 0 Å². The summed E-state index contributed by atoms with van der Waals surface area (Å²) in [4.78, 5) is 0. The Morgan fingerprint density at radius 2 is 1.50 bits per heavy atom. The third kappa shape index (κ3) is 5.60. The number of hydrogen-bond donors (Lipinski definition) is 0. The summed E-state index contributed by atoms with van der Waals surface area (Å²) in [7, 11) is 4.93. The van der Waals surface area contributed by atoms with Crippen LogP contribution < -0.4 is 0 Å². The molecule has 0 aromatic rings. The van der Waals surface area contributed by atoms with E-state index in [1.807, 2.05) is 0 Å². The van der Waals surface area contributed by atoms with Crippen LogP contribution in [0.2, 0.25) is 3.91 Å². The fourth-order valence-electron chi connectivity index (χ4n) is 0. The zero-order chi connectivity index (χ0) is 5.21. The first-order valence-electron chi connectivity index (χ1n) is 2.12. The van der Waals surface area contributed by atoms with E-state index >= 15 is 0 Å². The molecule has 0 unspecified atom stereocenters. The minimum Gasteiger partial charge on any atom is -0.128 e. The molecule has 5 heteroatoms. The number of halogens is 1. The fraction of sp³-hybridized carbons (Fsp3) is 1.00. The Hall–Kier alpha value is 1.60. The quantitative estimate of drug-likeness (QED) is 0.263. The van der Waals surface area contributed by atoms with Crippen LogP contribution in [-0.4, -0.2) is 37.7 Å². The molecule has 0 N–H and O–H groups in total. The summed E-state index contributed by atoms with van der Waals surface area (Å²) in [6.07, 6.45) is 0. The maximum absolute atomic E-state index is 2.64. The second-order valence-electron chi connectivity index (χ2n) is 2.69. The van der Waals surface area contributed by atoms with Crippen molar-refractivity contribution in [2.45, 2.75) is 3.91 Å². The molecule has 0 aliphatic rings. The molecule has 0 saturated carbocycles. The lowest BCUT2D eigenvalue weighted by Gasteiger charge is -2.09. The molecule has 6 heavy (non-hydrogen) atoms. The van der Waals surface area contributed by atoms with E-state index in [9.17, 15) is 0 Å². The van der Waals surface area contributed by atoms with Gasteiger partial charge in [-0.2, -0.15) is 0 Å². The summed E-state index contributed by atoms with van der Waals surface area (Å²) in [5.41, 5.74) is 0. The number of hydrogen-bond acceptors (Lipinski definition) is 0. The van der Waals surface area contributed by atoms with Gasteiger partial charge < -0.3 is 0 Å². The van der Waals surface area contributed by atoms with Crippen LogP contribution in [-0.2, 0) is 0 Å². The van der Waals surface area contributed by atoms with Gasteiger partial charge in [0.1, 0.15) is 0 Å². The van der Waals surface area contributed by atoms with Crippen LogP contribution in [0.25, 0.3) is 0 Å². The van der Waals surface area contributed by atoms with Crippen molar-refractivity contribution in [1.29, 1.82) is 0 Å². The molecule has 38 valence electrons. The Balaban J connectivity index is 3.17. The average molecular weight is 262 g/mol. The van der Waals surface area contributed by atoms with Gasteiger partial charge in [-0.1, -0.05) is 3.91 Å². The Bertz CT molecular complexity index is 37.3. The standard InChI is InChI=1S/CH11ISi4/c2-6-1(3,4)5/h6H2,3-5H3. The monoisotopic (exact) mass is 262 g/mol. The zero-order valence-electron chi connectivity index (χ0n) is 4.59. The summed E-state index contributed by atoms with van der Waals surface area (Å²) in [5.74, 6) is 0. The van der Waals surface area contributed by atoms with Crippen LogP contribution >= 0.6 is 21.8 Å². The normalized spacial score (nSPS) is 23.5. The predicted molar refractivity (Wildman–Crippen MR) is 55.1 cm³/mol. The molecule has 0 heterocycles. The first-order valence-corrected chi connectivity index (χ1v) is 10.9. The van der Waals surface area contributed by atoms with Gasteiger partial charge in [0.15, 0.2) is 0 Å². The van der Waals surface area contributed by atoms with Crippen LogP contribution in [0, 0.1) is 0 Å². The third-order valence-corrected chi connectivity index (χ3v) is 24.2. The van der Waals surface area contributed by atoms with Gasteiger partial charge in [-0.3, -0.25) is 0 Å². The van der Waals surface area contributed by atoms with Crippen molar-refractivity contribution >= 4 is 59.5 Å². The predicted octanol–water partition coefficient (Wildman–Crippen LogP) is -3.37. The van der Waals surface area contributed by atoms with Crippen LogP contribution in [0.3, 0.4) is 0 Å². The summed E-state index contributed by atoms with van der Waals surface area (Å²) < 4.78 is 1.08. The highest BCUT2D eigenvalue weighted by atomic mass is 127. The SMILES string of the molecule is [SiH3]C([SiH3])([SiH3])[SiH2]I. The van der Waals surface area contributed by atoms with Gasteiger partial charge in [0.25, 0.3) is 0 Å². The Labute approximate surface area is 63.2 Å². The van der Waals surface area contributed by atoms with Crippen LogP contribution in [0.15, 0.2) is 0 Å². The van der Waals surface area contributed by atoms with Crippen molar-refractivity contribution in [2.24, 2.45) is 0 Å². The lowest BCUT2D eigenvalue weighted by molar-refractivity contribution is 1.70. The molecule has 0 aromatic carbocycles. The highest BCUT2D eigenvalue weighted by Gasteiger charge is 2.06. The van der Waals surface area contributed by atoms with E-state index < -0.39 is 0 Å². The molecule has 0 bridgehead atoms. The van der Waals surface area contributed by atoms with Gasteiger partial charge in [-0.05, 0) is 30.7 Å². The van der Waals surface area contributed by atoms with Crippen molar-refractivity contribution < 1.29 is 0 Å². The highest BCUT2D eigenvalue weighted by Crippen LogP contribution is 2.07. The molecule has 0 aliphatic carbocycles. The maximum Gasteiger partial charge on any atom is 0.0898 e. The van der Waals surface area contributed by atoms with Crippen molar-refractivity contribution in [3.63, 3.8) is 0 Å². The van der Waals surface area contributed by atoms with E-state index in [2.05, 4.69) is 21.8 Å². The lowest BCUT2D eigenvalue weighted by atomic mass is 11.8. The van der Waals surface area contributed by atoms with Crippen molar-refractivity contribution in [3.8, 4) is 0 Å². The largest absolute Gasteiger partial charge is 0.128 e. The molecule has 0 aromatic heterocycles. The maximum atomic E-state index is 2.64. The van der Waals surface area contributed by atoms with Crippen LogP contribution in [0.1, 0.15) is 0 Å². The van der Waals surface area contributed by atoms with Gasteiger partial charge in [-0.25, -0.2) is 0 Å². The van der Waals surface area contributed by atoms with Crippen molar-refractivity contribution in [2.75, 3.05) is 0 Å². The molecular formula is CH11ISi4. The fourth-order valence-corrected chi connectivity index (χ4v) is 0. The highest BCUT2D eigenvalue weighted by molar-refractivity contribution is 14.1. The molecule has 0 spiro atoms.